The van der Waals surface area contributed by atoms with Gasteiger partial charge in [0.1, 0.15) is 0 Å². The van der Waals surface area contributed by atoms with Gasteiger partial charge >= 0.3 is 0 Å². The first kappa shape index (κ1) is 13.8. The third kappa shape index (κ3) is 4.63. The molecule has 0 amide bonds. The Morgan fingerprint density at radius 3 is 2.76 bits per heavy atom. The molecule has 0 saturated carbocycles. The highest BCUT2D eigenvalue weighted by molar-refractivity contribution is 5.57. The van der Waals surface area contributed by atoms with Gasteiger partial charge in [-0.15, -0.1) is 0 Å². The van der Waals surface area contributed by atoms with Crippen LogP contribution in [0.25, 0.3) is 0 Å². The maximum Gasteiger partial charge on any atom is 0.0813 e. The summed E-state index contributed by atoms with van der Waals surface area (Å²) >= 11 is 0. The van der Waals surface area contributed by atoms with E-state index in [1.165, 1.54) is 0 Å². The van der Waals surface area contributed by atoms with Crippen molar-refractivity contribution in [3.63, 3.8) is 0 Å². The highest BCUT2D eigenvalue weighted by Gasteiger charge is 2.19. The van der Waals surface area contributed by atoms with Crippen molar-refractivity contribution in [2.75, 3.05) is 31.3 Å². The van der Waals surface area contributed by atoms with Crippen LogP contribution in [0.3, 0.4) is 0 Å². The normalized spacial score (nSPS) is 14.4. The zero-order valence-electron chi connectivity index (χ0n) is 10.8. The van der Waals surface area contributed by atoms with Crippen molar-refractivity contribution in [3.05, 3.63) is 23.8 Å². The molecule has 4 nitrogen and oxygen atoms in total. The summed E-state index contributed by atoms with van der Waals surface area (Å²) in [7, 11) is 1.63. The van der Waals surface area contributed by atoms with Gasteiger partial charge in [0.2, 0.25) is 0 Å². The summed E-state index contributed by atoms with van der Waals surface area (Å²) in [5.41, 5.74) is 7.73. The van der Waals surface area contributed by atoms with Crippen LogP contribution in [0, 0.1) is 6.92 Å². The van der Waals surface area contributed by atoms with Gasteiger partial charge in [0, 0.05) is 38.1 Å². The maximum absolute atomic E-state index is 10.1. The highest BCUT2D eigenvalue weighted by Crippen LogP contribution is 2.19. The van der Waals surface area contributed by atoms with E-state index in [1.807, 2.05) is 25.1 Å². The predicted octanol–water partition coefficient (Wildman–Crippen LogP) is 1.78. The van der Waals surface area contributed by atoms with Gasteiger partial charge in [-0.05, 0) is 37.6 Å². The summed E-state index contributed by atoms with van der Waals surface area (Å²) in [6.45, 7) is 4.82. The molecule has 1 atom stereocenters. The summed E-state index contributed by atoms with van der Waals surface area (Å²) in [6, 6.07) is 5.68. The van der Waals surface area contributed by atoms with Crippen molar-refractivity contribution in [2.45, 2.75) is 25.9 Å². The van der Waals surface area contributed by atoms with Gasteiger partial charge in [-0.3, -0.25) is 0 Å². The number of ether oxygens (including phenoxy) is 1. The molecule has 0 saturated heterocycles. The fraction of sp³-hybridized carbons (Fsp3) is 0.538. The van der Waals surface area contributed by atoms with Crippen LogP contribution >= 0.6 is 0 Å². The van der Waals surface area contributed by atoms with E-state index in [1.54, 1.807) is 14.0 Å². The van der Waals surface area contributed by atoms with Crippen molar-refractivity contribution in [1.29, 1.82) is 0 Å². The molecule has 0 fully saturated rings. The topological polar surface area (TPSA) is 67.5 Å². The molecular formula is C13H22N2O2. The molecule has 0 bridgehead atoms. The molecule has 1 aromatic carbocycles. The Kier molecular flexibility index (Phi) is 4.78. The average molecular weight is 238 g/mol. The van der Waals surface area contributed by atoms with Crippen molar-refractivity contribution in [1.82, 2.24) is 0 Å². The van der Waals surface area contributed by atoms with Crippen LogP contribution in [0.4, 0.5) is 11.4 Å². The number of aliphatic hydroxyl groups is 1. The van der Waals surface area contributed by atoms with Crippen molar-refractivity contribution < 1.29 is 9.84 Å². The molecule has 4 N–H and O–H groups in total. The standard InChI is InChI=1S/C13H22N2O2/c1-10-8-11(14)4-5-12(10)15-9-13(2,16)6-7-17-3/h4-5,8,15-16H,6-7,9,14H2,1-3H3. The van der Waals surface area contributed by atoms with Crippen LogP contribution in [0.2, 0.25) is 0 Å². The van der Waals surface area contributed by atoms with Gasteiger partial charge in [-0.1, -0.05) is 0 Å². The second-order valence-electron chi connectivity index (χ2n) is 4.67. The zero-order valence-corrected chi connectivity index (χ0v) is 10.8. The Morgan fingerprint density at radius 1 is 1.47 bits per heavy atom. The third-order valence-electron chi connectivity index (χ3n) is 2.75. The molecule has 0 aromatic heterocycles. The first-order valence-electron chi connectivity index (χ1n) is 5.76. The molecule has 0 aliphatic rings. The zero-order chi connectivity index (χ0) is 12.9. The van der Waals surface area contributed by atoms with E-state index >= 15 is 0 Å². The summed E-state index contributed by atoms with van der Waals surface area (Å²) in [5.74, 6) is 0. The van der Waals surface area contributed by atoms with E-state index in [-0.39, 0.29) is 0 Å². The summed E-state index contributed by atoms with van der Waals surface area (Å²) in [5, 5.41) is 13.3. The molecule has 0 aliphatic carbocycles. The first-order valence-corrected chi connectivity index (χ1v) is 5.76. The lowest BCUT2D eigenvalue weighted by Gasteiger charge is -2.24. The van der Waals surface area contributed by atoms with Crippen LogP contribution in [-0.4, -0.2) is 31.0 Å². The molecular weight excluding hydrogens is 216 g/mol. The van der Waals surface area contributed by atoms with Crippen LogP contribution in [0.5, 0.6) is 0 Å². The minimum atomic E-state index is -0.774. The van der Waals surface area contributed by atoms with Crippen molar-refractivity contribution in [2.24, 2.45) is 0 Å². The number of rotatable bonds is 6. The maximum atomic E-state index is 10.1. The molecule has 0 spiro atoms. The van der Waals surface area contributed by atoms with Crippen LogP contribution in [0.15, 0.2) is 18.2 Å². The number of hydrogen-bond donors (Lipinski definition) is 3. The number of hydrogen-bond acceptors (Lipinski definition) is 4. The molecule has 0 heterocycles. The molecule has 1 unspecified atom stereocenters. The number of nitrogens with two attached hydrogens (primary N) is 1. The lowest BCUT2D eigenvalue weighted by atomic mass is 10.0. The van der Waals surface area contributed by atoms with E-state index in [0.717, 1.165) is 16.9 Å². The lowest BCUT2D eigenvalue weighted by Crippen LogP contribution is -2.34. The number of aryl methyl sites for hydroxylation is 1. The fourth-order valence-electron chi connectivity index (χ4n) is 1.58. The second-order valence-corrected chi connectivity index (χ2v) is 4.67. The van der Waals surface area contributed by atoms with Gasteiger partial charge in [-0.25, -0.2) is 0 Å². The monoisotopic (exact) mass is 238 g/mol. The number of benzene rings is 1. The Labute approximate surface area is 103 Å². The highest BCUT2D eigenvalue weighted by atomic mass is 16.5. The largest absolute Gasteiger partial charge is 0.399 e. The molecule has 1 rings (SSSR count). The molecule has 96 valence electrons. The SMILES string of the molecule is COCCC(C)(O)CNc1ccc(N)cc1C. The smallest absolute Gasteiger partial charge is 0.0813 e. The minimum Gasteiger partial charge on any atom is -0.399 e. The van der Waals surface area contributed by atoms with Crippen molar-refractivity contribution >= 4 is 11.4 Å². The first-order chi connectivity index (χ1) is 7.94. The van der Waals surface area contributed by atoms with Crippen molar-refractivity contribution in [3.8, 4) is 0 Å². The van der Waals surface area contributed by atoms with Crippen LogP contribution in [0.1, 0.15) is 18.9 Å². The summed E-state index contributed by atoms with van der Waals surface area (Å²) < 4.78 is 4.96. The molecule has 0 aliphatic heterocycles. The second kappa shape index (κ2) is 5.89. The third-order valence-corrected chi connectivity index (χ3v) is 2.75. The van der Waals surface area contributed by atoms with E-state index in [0.29, 0.717) is 19.6 Å². The Bertz CT molecular complexity index is 364. The number of anilines is 2. The van der Waals surface area contributed by atoms with E-state index < -0.39 is 5.60 Å². The summed E-state index contributed by atoms with van der Waals surface area (Å²) in [4.78, 5) is 0. The van der Waals surface area contributed by atoms with Crippen LogP contribution < -0.4 is 11.1 Å². The number of nitrogens with one attached hydrogen (secondary N) is 1. The van der Waals surface area contributed by atoms with E-state index in [4.69, 9.17) is 10.5 Å². The van der Waals surface area contributed by atoms with E-state index in [9.17, 15) is 5.11 Å². The predicted molar refractivity (Wildman–Crippen MR) is 71.2 cm³/mol. The fourth-order valence-corrected chi connectivity index (χ4v) is 1.58. The lowest BCUT2D eigenvalue weighted by molar-refractivity contribution is 0.0357. The van der Waals surface area contributed by atoms with Gasteiger partial charge in [-0.2, -0.15) is 0 Å². The molecule has 4 heteroatoms. The van der Waals surface area contributed by atoms with Gasteiger partial charge in [0.05, 0.1) is 5.60 Å². The Hall–Kier alpha value is -1.26. The quantitative estimate of drug-likeness (QED) is 0.661. The molecule has 1 aromatic rings. The Balaban J connectivity index is 2.54. The number of methoxy groups -OCH3 is 1. The van der Waals surface area contributed by atoms with Gasteiger partial charge < -0.3 is 20.9 Å². The van der Waals surface area contributed by atoms with E-state index in [2.05, 4.69) is 5.32 Å². The molecule has 17 heavy (non-hydrogen) atoms. The average Bonchev–Trinajstić information content (AvgIpc) is 2.25. The van der Waals surface area contributed by atoms with Gasteiger partial charge in [0.15, 0.2) is 0 Å². The molecule has 0 radical (unpaired) electrons. The Morgan fingerprint density at radius 2 is 2.18 bits per heavy atom. The summed E-state index contributed by atoms with van der Waals surface area (Å²) in [6.07, 6.45) is 0.602. The van der Waals surface area contributed by atoms with Gasteiger partial charge in [0.25, 0.3) is 0 Å². The minimum absolute atomic E-state index is 0.487. The number of nitrogen functional groups attached to an aromatic ring is 1. The van der Waals surface area contributed by atoms with Crippen LogP contribution in [-0.2, 0) is 4.74 Å².